The van der Waals surface area contributed by atoms with Crippen molar-refractivity contribution in [3.05, 3.63) is 0 Å². The molecule has 0 aliphatic carbocycles. The van der Waals surface area contributed by atoms with Crippen molar-refractivity contribution in [1.29, 1.82) is 0 Å². The summed E-state index contributed by atoms with van der Waals surface area (Å²) in [5, 5.41) is 0. The number of nitrogens with two attached hydrogens (primary N) is 1. The fourth-order valence-electron chi connectivity index (χ4n) is 2.25. The van der Waals surface area contributed by atoms with E-state index in [2.05, 4.69) is 4.90 Å². The molecule has 0 spiro atoms. The van der Waals surface area contributed by atoms with E-state index in [0.717, 1.165) is 39.0 Å². The largest absolute Gasteiger partial charge is 0.375 e. The first-order chi connectivity index (χ1) is 9.63. The van der Waals surface area contributed by atoms with E-state index in [9.17, 15) is 13.6 Å². The Hall–Kier alpha value is -0.790. The molecule has 5 nitrogen and oxygen atoms in total. The molecule has 0 saturated carbocycles. The van der Waals surface area contributed by atoms with Gasteiger partial charge < -0.3 is 20.3 Å². The highest BCUT2D eigenvalue weighted by molar-refractivity contribution is 5.76. The van der Waals surface area contributed by atoms with Gasteiger partial charge in [0.05, 0.1) is 13.0 Å². The Morgan fingerprint density at radius 3 is 2.75 bits per heavy atom. The van der Waals surface area contributed by atoms with Gasteiger partial charge in [0, 0.05) is 19.6 Å². The number of alkyl halides is 2. The lowest BCUT2D eigenvalue weighted by Gasteiger charge is -2.22. The van der Waals surface area contributed by atoms with Gasteiger partial charge in [-0.3, -0.25) is 4.79 Å². The first-order valence-electron chi connectivity index (χ1n) is 7.19. The molecule has 0 aromatic carbocycles. The number of ether oxygens (including phenoxy) is 1. The van der Waals surface area contributed by atoms with Crippen molar-refractivity contribution in [1.82, 2.24) is 9.80 Å². The molecule has 0 bridgehead atoms. The Morgan fingerprint density at radius 2 is 2.05 bits per heavy atom. The minimum absolute atomic E-state index is 0.0139. The van der Waals surface area contributed by atoms with E-state index in [4.69, 9.17) is 10.5 Å². The van der Waals surface area contributed by atoms with Crippen LogP contribution >= 0.6 is 0 Å². The Bertz CT molecular complexity index is 280. The third kappa shape index (κ3) is 7.12. The van der Waals surface area contributed by atoms with E-state index in [1.165, 1.54) is 0 Å². The number of amides is 1. The Kier molecular flexibility index (Phi) is 8.64. The van der Waals surface area contributed by atoms with Gasteiger partial charge in [-0.2, -0.15) is 0 Å². The summed E-state index contributed by atoms with van der Waals surface area (Å²) in [7, 11) is 0. The van der Waals surface area contributed by atoms with Crippen molar-refractivity contribution in [3.63, 3.8) is 0 Å². The first kappa shape index (κ1) is 17.3. The molecule has 0 radical (unpaired) electrons. The topological polar surface area (TPSA) is 58.8 Å². The lowest BCUT2D eigenvalue weighted by molar-refractivity contribution is -0.132. The molecule has 2 N–H and O–H groups in total. The van der Waals surface area contributed by atoms with Crippen LogP contribution in [0.15, 0.2) is 0 Å². The zero-order chi connectivity index (χ0) is 14.8. The minimum Gasteiger partial charge on any atom is -0.375 e. The smallest absolute Gasteiger partial charge is 0.261 e. The molecule has 0 unspecified atom stereocenters. The maximum absolute atomic E-state index is 11.9. The number of carbonyl (C=O) groups excluding carboxylic acids is 1. The van der Waals surface area contributed by atoms with Crippen LogP contribution in [0.25, 0.3) is 0 Å². The molecule has 118 valence electrons. The first-order valence-corrected chi connectivity index (χ1v) is 7.19. The molecule has 1 aliphatic rings. The van der Waals surface area contributed by atoms with Crippen LogP contribution in [-0.2, 0) is 9.53 Å². The molecule has 7 heteroatoms. The maximum atomic E-state index is 11.9. The summed E-state index contributed by atoms with van der Waals surface area (Å²) < 4.78 is 28.5. The van der Waals surface area contributed by atoms with Crippen molar-refractivity contribution in [2.24, 2.45) is 5.73 Å². The number of carbonyl (C=O) groups is 1. The number of halogens is 2. The van der Waals surface area contributed by atoms with Gasteiger partial charge in [0.15, 0.2) is 0 Å². The monoisotopic (exact) mass is 293 g/mol. The van der Waals surface area contributed by atoms with Crippen molar-refractivity contribution in [3.8, 4) is 0 Å². The third-order valence-electron chi connectivity index (χ3n) is 3.32. The average molecular weight is 293 g/mol. The quantitative estimate of drug-likeness (QED) is 0.664. The highest BCUT2D eigenvalue weighted by Gasteiger charge is 2.18. The van der Waals surface area contributed by atoms with Crippen molar-refractivity contribution in [2.75, 3.05) is 52.5 Å². The molecule has 0 aromatic heterocycles. The Morgan fingerprint density at radius 1 is 1.25 bits per heavy atom. The molecule has 1 rings (SSSR count). The standard InChI is InChI=1S/C13H25F2N3O2/c14-12(15)11-20-10-3-13(19)18-7-2-6-17(8-9-18)5-1-4-16/h12H,1-11,16H2. The second-order valence-electron chi connectivity index (χ2n) is 4.93. The SMILES string of the molecule is NCCCN1CCCN(C(=O)CCOCC(F)F)CC1. The molecule has 0 atom stereocenters. The Balaban J connectivity index is 2.20. The molecule has 1 saturated heterocycles. The molecular formula is C13H25F2N3O2. The molecule has 0 aromatic rings. The second kappa shape index (κ2) is 10.0. The summed E-state index contributed by atoms with van der Waals surface area (Å²) in [5.41, 5.74) is 5.49. The Labute approximate surface area is 119 Å². The summed E-state index contributed by atoms with van der Waals surface area (Å²) >= 11 is 0. The summed E-state index contributed by atoms with van der Waals surface area (Å²) in [6, 6.07) is 0. The van der Waals surface area contributed by atoms with E-state index in [-0.39, 0.29) is 18.9 Å². The van der Waals surface area contributed by atoms with Crippen LogP contribution in [0, 0.1) is 0 Å². The van der Waals surface area contributed by atoms with Gasteiger partial charge in [-0.15, -0.1) is 0 Å². The van der Waals surface area contributed by atoms with Crippen LogP contribution < -0.4 is 5.73 Å². The van der Waals surface area contributed by atoms with Gasteiger partial charge in [-0.05, 0) is 32.5 Å². The summed E-state index contributed by atoms with van der Waals surface area (Å²) in [4.78, 5) is 16.0. The van der Waals surface area contributed by atoms with Crippen LogP contribution in [0.3, 0.4) is 0 Å². The summed E-state index contributed by atoms with van der Waals surface area (Å²) in [6.45, 7) is 4.37. The van der Waals surface area contributed by atoms with E-state index in [1.807, 2.05) is 0 Å². The second-order valence-corrected chi connectivity index (χ2v) is 4.93. The normalized spacial score (nSPS) is 17.5. The van der Waals surface area contributed by atoms with Gasteiger partial charge in [0.2, 0.25) is 5.91 Å². The van der Waals surface area contributed by atoms with Gasteiger partial charge in [-0.25, -0.2) is 8.78 Å². The van der Waals surface area contributed by atoms with Crippen LogP contribution in [0.2, 0.25) is 0 Å². The van der Waals surface area contributed by atoms with Crippen LogP contribution in [0.1, 0.15) is 19.3 Å². The highest BCUT2D eigenvalue weighted by atomic mass is 19.3. The molecule has 1 heterocycles. The molecule has 1 fully saturated rings. The van der Waals surface area contributed by atoms with Gasteiger partial charge in [0.1, 0.15) is 6.61 Å². The highest BCUT2D eigenvalue weighted by Crippen LogP contribution is 2.06. The van der Waals surface area contributed by atoms with E-state index >= 15 is 0 Å². The predicted octanol–water partition coefficient (Wildman–Crippen LogP) is 0.541. The fraction of sp³-hybridized carbons (Fsp3) is 0.923. The number of hydrogen-bond acceptors (Lipinski definition) is 4. The summed E-state index contributed by atoms with van der Waals surface area (Å²) in [5.74, 6) is -0.0139. The van der Waals surface area contributed by atoms with Crippen molar-refractivity contribution in [2.45, 2.75) is 25.7 Å². The number of hydrogen-bond donors (Lipinski definition) is 1. The number of rotatable bonds is 8. The van der Waals surface area contributed by atoms with Crippen LogP contribution in [0.5, 0.6) is 0 Å². The molecule has 1 aliphatic heterocycles. The van der Waals surface area contributed by atoms with Gasteiger partial charge >= 0.3 is 0 Å². The lowest BCUT2D eigenvalue weighted by atomic mass is 10.3. The molecule has 1 amide bonds. The van der Waals surface area contributed by atoms with Gasteiger partial charge in [-0.1, -0.05) is 0 Å². The molecule has 20 heavy (non-hydrogen) atoms. The van der Waals surface area contributed by atoms with Crippen molar-refractivity contribution < 1.29 is 18.3 Å². The maximum Gasteiger partial charge on any atom is 0.261 e. The van der Waals surface area contributed by atoms with E-state index < -0.39 is 13.0 Å². The van der Waals surface area contributed by atoms with Gasteiger partial charge in [0.25, 0.3) is 6.43 Å². The fourth-order valence-corrected chi connectivity index (χ4v) is 2.25. The summed E-state index contributed by atoms with van der Waals surface area (Å²) in [6.07, 6.45) is -0.390. The van der Waals surface area contributed by atoms with Crippen LogP contribution in [-0.4, -0.2) is 74.6 Å². The molecular weight excluding hydrogens is 268 g/mol. The lowest BCUT2D eigenvalue weighted by Crippen LogP contribution is -2.36. The number of nitrogens with zero attached hydrogens (tertiary/aromatic N) is 2. The zero-order valence-electron chi connectivity index (χ0n) is 11.9. The van der Waals surface area contributed by atoms with Crippen molar-refractivity contribution >= 4 is 5.91 Å². The average Bonchev–Trinajstić information content (AvgIpc) is 2.66. The predicted molar refractivity (Wildman–Crippen MR) is 72.7 cm³/mol. The van der Waals surface area contributed by atoms with E-state index in [1.54, 1.807) is 4.90 Å². The van der Waals surface area contributed by atoms with E-state index in [0.29, 0.717) is 13.1 Å². The minimum atomic E-state index is -2.47. The third-order valence-corrected chi connectivity index (χ3v) is 3.32. The zero-order valence-corrected chi connectivity index (χ0v) is 11.9. The van der Waals surface area contributed by atoms with Crippen LogP contribution in [0.4, 0.5) is 8.78 Å².